The van der Waals surface area contributed by atoms with Gasteiger partial charge in [-0.1, -0.05) is 30.7 Å². The van der Waals surface area contributed by atoms with Gasteiger partial charge in [0.25, 0.3) is 0 Å². The largest absolute Gasteiger partial charge is 0.309 e. The molecule has 0 bridgehead atoms. The van der Waals surface area contributed by atoms with Crippen molar-refractivity contribution in [2.45, 2.75) is 26.3 Å². The number of nitrogens with one attached hydrogen (secondary N) is 1. The van der Waals surface area contributed by atoms with Gasteiger partial charge in [0.15, 0.2) is 0 Å². The summed E-state index contributed by atoms with van der Waals surface area (Å²) in [5.41, 5.74) is 0.846. The molecule has 1 nitrogen and oxygen atoms in total. The molecule has 1 unspecified atom stereocenters. The van der Waals surface area contributed by atoms with Crippen LogP contribution in [-0.2, 0) is 6.42 Å². The molecule has 0 fully saturated rings. The summed E-state index contributed by atoms with van der Waals surface area (Å²) in [6.07, 6.45) is 0.699. The van der Waals surface area contributed by atoms with Crippen molar-refractivity contribution < 1.29 is 4.39 Å². The number of halogens is 2. The minimum Gasteiger partial charge on any atom is -0.309 e. The van der Waals surface area contributed by atoms with E-state index in [2.05, 4.69) is 31.3 Å². The monoisotopic (exact) mass is 297 g/mol. The molecule has 1 aromatic heterocycles. The lowest BCUT2D eigenvalue weighted by molar-refractivity contribution is 0.555. The van der Waals surface area contributed by atoms with Crippen LogP contribution in [0.25, 0.3) is 0 Å². The van der Waals surface area contributed by atoms with Crippen molar-refractivity contribution in [3.05, 3.63) is 56.5 Å². The first-order chi connectivity index (χ1) is 9.11. The van der Waals surface area contributed by atoms with E-state index in [1.165, 1.54) is 15.8 Å². The van der Waals surface area contributed by atoms with Gasteiger partial charge in [-0.05, 0) is 43.7 Å². The average molecular weight is 298 g/mol. The van der Waals surface area contributed by atoms with E-state index in [4.69, 9.17) is 11.6 Å². The molecule has 1 heterocycles. The van der Waals surface area contributed by atoms with Crippen molar-refractivity contribution in [1.82, 2.24) is 5.32 Å². The number of hydrogen-bond donors (Lipinski definition) is 1. The Morgan fingerprint density at radius 1 is 1.32 bits per heavy atom. The highest BCUT2D eigenvalue weighted by atomic mass is 35.5. The first-order valence-electron chi connectivity index (χ1n) is 6.34. The van der Waals surface area contributed by atoms with Crippen LogP contribution in [0, 0.1) is 12.7 Å². The predicted molar refractivity (Wildman–Crippen MR) is 80.6 cm³/mol. The number of aryl methyl sites for hydroxylation is 1. The quantitative estimate of drug-likeness (QED) is 0.840. The standard InChI is InChI=1S/C15H17ClFNS/c1-3-18-13(14-8-7-10(2)19-14)9-11-5-4-6-12(17)15(11)16/h4-8,13,18H,3,9H2,1-2H3. The smallest absolute Gasteiger partial charge is 0.142 e. The normalized spacial score (nSPS) is 12.6. The fourth-order valence-electron chi connectivity index (χ4n) is 2.09. The second-order valence-corrected chi connectivity index (χ2v) is 6.17. The fourth-order valence-corrected chi connectivity index (χ4v) is 3.24. The van der Waals surface area contributed by atoms with Crippen molar-refractivity contribution >= 4 is 22.9 Å². The van der Waals surface area contributed by atoms with Gasteiger partial charge >= 0.3 is 0 Å². The summed E-state index contributed by atoms with van der Waals surface area (Å²) in [7, 11) is 0. The molecule has 4 heteroatoms. The summed E-state index contributed by atoms with van der Waals surface area (Å²) in [6, 6.07) is 9.40. The highest BCUT2D eigenvalue weighted by Gasteiger charge is 2.16. The van der Waals surface area contributed by atoms with Gasteiger partial charge in [-0.2, -0.15) is 0 Å². The van der Waals surface area contributed by atoms with Crippen LogP contribution in [0.3, 0.4) is 0 Å². The van der Waals surface area contributed by atoms with Gasteiger partial charge in [-0.15, -0.1) is 11.3 Å². The summed E-state index contributed by atoms with van der Waals surface area (Å²) in [4.78, 5) is 2.54. The van der Waals surface area contributed by atoms with Crippen LogP contribution >= 0.6 is 22.9 Å². The van der Waals surface area contributed by atoms with Gasteiger partial charge < -0.3 is 5.32 Å². The molecule has 0 aliphatic heterocycles. The number of rotatable bonds is 5. The topological polar surface area (TPSA) is 12.0 Å². The Balaban J connectivity index is 2.23. The molecule has 19 heavy (non-hydrogen) atoms. The Morgan fingerprint density at radius 3 is 2.74 bits per heavy atom. The Bertz CT molecular complexity index is 553. The highest BCUT2D eigenvalue weighted by Crippen LogP contribution is 2.29. The molecule has 0 saturated carbocycles. The van der Waals surface area contributed by atoms with E-state index >= 15 is 0 Å². The molecule has 0 amide bonds. The van der Waals surface area contributed by atoms with Gasteiger partial charge in [0.05, 0.1) is 5.02 Å². The Hall–Kier alpha value is -0.900. The average Bonchev–Trinajstić information content (AvgIpc) is 2.81. The number of likely N-dealkylation sites (N-methyl/N-ethyl adjacent to an activating group) is 1. The van der Waals surface area contributed by atoms with Crippen molar-refractivity contribution in [1.29, 1.82) is 0 Å². The lowest BCUT2D eigenvalue weighted by Gasteiger charge is -2.17. The molecule has 2 rings (SSSR count). The summed E-state index contributed by atoms with van der Waals surface area (Å²) in [5.74, 6) is -0.350. The molecular formula is C15H17ClFNS. The van der Waals surface area contributed by atoms with E-state index in [-0.39, 0.29) is 16.9 Å². The lowest BCUT2D eigenvalue weighted by Crippen LogP contribution is -2.22. The van der Waals surface area contributed by atoms with E-state index in [0.29, 0.717) is 6.42 Å². The molecule has 102 valence electrons. The zero-order chi connectivity index (χ0) is 13.8. The molecule has 0 aliphatic carbocycles. The van der Waals surface area contributed by atoms with E-state index in [1.54, 1.807) is 17.4 Å². The number of benzene rings is 1. The number of thiophene rings is 1. The zero-order valence-electron chi connectivity index (χ0n) is 11.0. The summed E-state index contributed by atoms with van der Waals surface area (Å²) in [6.45, 7) is 5.03. The zero-order valence-corrected chi connectivity index (χ0v) is 12.6. The van der Waals surface area contributed by atoms with Crippen molar-refractivity contribution in [3.63, 3.8) is 0 Å². The van der Waals surface area contributed by atoms with Crippen LogP contribution in [0.2, 0.25) is 5.02 Å². The maximum Gasteiger partial charge on any atom is 0.142 e. The second kappa shape index (κ2) is 6.51. The molecule has 0 spiro atoms. The summed E-state index contributed by atoms with van der Waals surface area (Å²) < 4.78 is 13.5. The van der Waals surface area contributed by atoms with E-state index in [9.17, 15) is 4.39 Å². The van der Waals surface area contributed by atoms with Crippen LogP contribution < -0.4 is 5.32 Å². The third-order valence-electron chi connectivity index (χ3n) is 3.01. The van der Waals surface area contributed by atoms with E-state index < -0.39 is 0 Å². The molecule has 0 radical (unpaired) electrons. The molecule has 0 saturated heterocycles. The Morgan fingerprint density at radius 2 is 2.11 bits per heavy atom. The van der Waals surface area contributed by atoms with Crippen molar-refractivity contribution in [2.75, 3.05) is 6.54 Å². The summed E-state index contributed by atoms with van der Waals surface area (Å²) in [5, 5.41) is 3.67. The second-order valence-electron chi connectivity index (χ2n) is 4.48. The molecule has 1 aromatic carbocycles. The molecular weight excluding hydrogens is 281 g/mol. The predicted octanol–water partition coefficient (Wildman–Crippen LogP) is 4.74. The van der Waals surface area contributed by atoms with Crippen LogP contribution in [0.15, 0.2) is 30.3 Å². The third-order valence-corrected chi connectivity index (χ3v) is 4.55. The van der Waals surface area contributed by atoms with Crippen molar-refractivity contribution in [2.24, 2.45) is 0 Å². The van der Waals surface area contributed by atoms with Crippen LogP contribution in [0.1, 0.15) is 28.3 Å². The van der Waals surface area contributed by atoms with Gasteiger partial charge in [-0.25, -0.2) is 4.39 Å². The van der Waals surface area contributed by atoms with Gasteiger partial charge in [-0.3, -0.25) is 0 Å². The maximum atomic E-state index is 13.5. The van der Waals surface area contributed by atoms with Crippen LogP contribution in [-0.4, -0.2) is 6.54 Å². The van der Waals surface area contributed by atoms with E-state index in [0.717, 1.165) is 12.1 Å². The maximum absolute atomic E-state index is 13.5. The molecule has 2 aromatic rings. The minimum atomic E-state index is -0.350. The Kier molecular flexibility index (Phi) is 4.97. The molecule has 1 atom stereocenters. The number of hydrogen-bond acceptors (Lipinski definition) is 2. The highest BCUT2D eigenvalue weighted by molar-refractivity contribution is 7.12. The first-order valence-corrected chi connectivity index (χ1v) is 7.54. The minimum absolute atomic E-state index is 0.183. The van der Waals surface area contributed by atoms with Crippen LogP contribution in [0.4, 0.5) is 4.39 Å². The van der Waals surface area contributed by atoms with Crippen molar-refractivity contribution in [3.8, 4) is 0 Å². The lowest BCUT2D eigenvalue weighted by atomic mass is 10.0. The third kappa shape index (κ3) is 3.56. The van der Waals surface area contributed by atoms with Gasteiger partial charge in [0.1, 0.15) is 5.82 Å². The molecule has 0 aliphatic rings. The van der Waals surface area contributed by atoms with Gasteiger partial charge in [0.2, 0.25) is 0 Å². The first kappa shape index (κ1) is 14.5. The van der Waals surface area contributed by atoms with E-state index in [1.807, 2.05) is 6.07 Å². The van der Waals surface area contributed by atoms with Gasteiger partial charge in [0, 0.05) is 15.8 Å². The Labute approximate surface area is 122 Å². The van der Waals surface area contributed by atoms with Crippen LogP contribution in [0.5, 0.6) is 0 Å². The SMILES string of the molecule is CCNC(Cc1cccc(F)c1Cl)c1ccc(C)s1. The molecule has 1 N–H and O–H groups in total. The summed E-state index contributed by atoms with van der Waals surface area (Å²) >= 11 is 7.80. The fraction of sp³-hybridized carbons (Fsp3) is 0.333.